The molecule has 106 valence electrons. The van der Waals surface area contributed by atoms with Gasteiger partial charge in [0.05, 0.1) is 0 Å². The highest BCUT2D eigenvalue weighted by Gasteiger charge is 2.17. The van der Waals surface area contributed by atoms with E-state index < -0.39 is 0 Å². The Morgan fingerprint density at radius 2 is 2.16 bits per heavy atom. The van der Waals surface area contributed by atoms with Crippen LogP contribution < -0.4 is 5.32 Å². The summed E-state index contributed by atoms with van der Waals surface area (Å²) in [6.45, 7) is 2.15. The summed E-state index contributed by atoms with van der Waals surface area (Å²) in [6.07, 6.45) is 9.89. The summed E-state index contributed by atoms with van der Waals surface area (Å²) in [5, 5.41) is 3.94. The molecule has 0 radical (unpaired) electrons. The zero-order chi connectivity index (χ0) is 13.5. The van der Waals surface area contributed by atoms with E-state index in [1.807, 2.05) is 12.1 Å². The van der Waals surface area contributed by atoms with Crippen LogP contribution in [0.15, 0.2) is 18.3 Å². The summed E-state index contributed by atoms with van der Waals surface area (Å²) in [5.74, 6) is 0. The lowest BCUT2D eigenvalue weighted by Crippen LogP contribution is -2.34. The monoisotopic (exact) mass is 281 g/mol. The largest absolute Gasteiger partial charge is 0.385 e. The van der Waals surface area contributed by atoms with Crippen LogP contribution in [0.5, 0.6) is 0 Å². The molecule has 1 N–H and O–H groups in total. The predicted octanol–water partition coefficient (Wildman–Crippen LogP) is 3.80. The second kappa shape index (κ2) is 7.71. The van der Waals surface area contributed by atoms with Gasteiger partial charge in [-0.1, -0.05) is 30.9 Å². The summed E-state index contributed by atoms with van der Waals surface area (Å²) in [4.78, 5) is 6.50. The van der Waals surface area contributed by atoms with Gasteiger partial charge in [-0.3, -0.25) is 0 Å². The van der Waals surface area contributed by atoms with Crippen LogP contribution in [0, 0.1) is 0 Å². The molecule has 0 unspecified atom stereocenters. The number of hydrogen-bond acceptors (Lipinski definition) is 3. The van der Waals surface area contributed by atoms with Gasteiger partial charge in [-0.2, -0.15) is 0 Å². The highest BCUT2D eigenvalue weighted by Crippen LogP contribution is 2.21. The Morgan fingerprint density at radius 1 is 1.37 bits per heavy atom. The highest BCUT2D eigenvalue weighted by atomic mass is 35.5. The first-order valence-electron chi connectivity index (χ1n) is 7.31. The molecule has 1 aliphatic rings. The van der Waals surface area contributed by atoms with E-state index >= 15 is 0 Å². The molecule has 1 aromatic heterocycles. The average Bonchev–Trinajstić information content (AvgIpc) is 2.44. The normalized spacial score (nSPS) is 16.8. The van der Waals surface area contributed by atoms with E-state index in [0.717, 1.165) is 31.2 Å². The quantitative estimate of drug-likeness (QED) is 0.635. The molecular formula is C15H24ClN3. The number of halogens is 1. The molecule has 0 aliphatic heterocycles. The minimum Gasteiger partial charge on any atom is -0.385 e. The zero-order valence-corrected chi connectivity index (χ0v) is 12.5. The molecule has 1 aromatic rings. The van der Waals surface area contributed by atoms with Crippen LogP contribution in [0.1, 0.15) is 38.5 Å². The predicted molar refractivity (Wildman–Crippen MR) is 81.9 cm³/mol. The average molecular weight is 282 g/mol. The van der Waals surface area contributed by atoms with Crippen LogP contribution in [-0.4, -0.2) is 36.1 Å². The van der Waals surface area contributed by atoms with Gasteiger partial charge in [0.25, 0.3) is 0 Å². The third-order valence-electron chi connectivity index (χ3n) is 3.94. The second-order valence-corrected chi connectivity index (χ2v) is 5.81. The first-order valence-corrected chi connectivity index (χ1v) is 7.69. The van der Waals surface area contributed by atoms with Crippen molar-refractivity contribution in [2.24, 2.45) is 0 Å². The molecular weight excluding hydrogens is 258 g/mol. The first kappa shape index (κ1) is 14.6. The Kier molecular flexibility index (Phi) is 5.93. The number of pyridine rings is 1. The fraction of sp³-hybridized carbons (Fsp3) is 0.667. The van der Waals surface area contributed by atoms with Crippen molar-refractivity contribution in [3.05, 3.63) is 23.5 Å². The van der Waals surface area contributed by atoms with E-state index in [4.69, 9.17) is 11.6 Å². The number of nitrogens with one attached hydrogen (secondary N) is 1. The van der Waals surface area contributed by atoms with Gasteiger partial charge in [-0.25, -0.2) is 4.98 Å². The third-order valence-corrected chi connectivity index (χ3v) is 4.15. The lowest BCUT2D eigenvalue weighted by molar-refractivity contribution is 0.191. The Hall–Kier alpha value is -0.800. The molecule has 19 heavy (non-hydrogen) atoms. The summed E-state index contributed by atoms with van der Waals surface area (Å²) in [6, 6.07) is 4.63. The van der Waals surface area contributed by atoms with Crippen molar-refractivity contribution in [1.82, 2.24) is 9.88 Å². The van der Waals surface area contributed by atoms with E-state index in [-0.39, 0.29) is 0 Å². The van der Waals surface area contributed by atoms with E-state index in [9.17, 15) is 0 Å². The van der Waals surface area contributed by atoms with Crippen molar-refractivity contribution < 1.29 is 0 Å². The number of nitrogens with zero attached hydrogens (tertiary/aromatic N) is 2. The lowest BCUT2D eigenvalue weighted by atomic mass is 9.94. The van der Waals surface area contributed by atoms with Gasteiger partial charge >= 0.3 is 0 Å². The topological polar surface area (TPSA) is 28.2 Å². The molecule has 0 amide bonds. The van der Waals surface area contributed by atoms with Crippen LogP contribution >= 0.6 is 11.6 Å². The van der Waals surface area contributed by atoms with E-state index in [0.29, 0.717) is 5.15 Å². The Labute approximate surface area is 121 Å². The number of rotatable bonds is 6. The molecule has 0 atom stereocenters. The molecule has 1 heterocycles. The summed E-state index contributed by atoms with van der Waals surface area (Å²) < 4.78 is 0. The van der Waals surface area contributed by atoms with Gasteiger partial charge in [0, 0.05) is 24.5 Å². The minimum atomic E-state index is 0.546. The van der Waals surface area contributed by atoms with Gasteiger partial charge in [0.15, 0.2) is 0 Å². The maximum atomic E-state index is 5.85. The Morgan fingerprint density at radius 3 is 2.89 bits per heavy atom. The maximum absolute atomic E-state index is 5.85. The van der Waals surface area contributed by atoms with E-state index in [2.05, 4.69) is 22.2 Å². The molecule has 3 nitrogen and oxygen atoms in total. The first-order chi connectivity index (χ1) is 9.25. The highest BCUT2D eigenvalue weighted by molar-refractivity contribution is 6.29. The maximum Gasteiger partial charge on any atom is 0.131 e. The molecule has 1 saturated carbocycles. The molecule has 0 aromatic carbocycles. The molecule has 4 heteroatoms. The van der Waals surface area contributed by atoms with Gasteiger partial charge in [0.1, 0.15) is 5.15 Å². The molecule has 0 saturated heterocycles. The molecule has 0 bridgehead atoms. The van der Waals surface area contributed by atoms with Crippen LogP contribution in [-0.2, 0) is 0 Å². The SMILES string of the molecule is CN(CCCNc1ccnc(Cl)c1)C1CCCCC1. The van der Waals surface area contributed by atoms with Crippen molar-refractivity contribution >= 4 is 17.3 Å². The number of anilines is 1. The number of aromatic nitrogens is 1. The standard InChI is InChI=1S/C15H24ClN3/c1-19(14-6-3-2-4-7-14)11-5-9-17-13-8-10-18-15(16)12-13/h8,10,12,14H,2-7,9,11H2,1H3,(H,17,18). The third kappa shape index (κ3) is 5.00. The molecule has 0 spiro atoms. The van der Waals surface area contributed by atoms with E-state index in [1.165, 1.54) is 32.1 Å². The van der Waals surface area contributed by atoms with Gasteiger partial charge < -0.3 is 10.2 Å². The smallest absolute Gasteiger partial charge is 0.131 e. The molecule has 1 fully saturated rings. The van der Waals surface area contributed by atoms with Gasteiger partial charge in [-0.05, 0) is 45.0 Å². The van der Waals surface area contributed by atoms with Crippen LogP contribution in [0.2, 0.25) is 5.15 Å². The van der Waals surface area contributed by atoms with Crippen molar-refractivity contribution in [1.29, 1.82) is 0 Å². The van der Waals surface area contributed by atoms with Gasteiger partial charge in [-0.15, -0.1) is 0 Å². The van der Waals surface area contributed by atoms with E-state index in [1.54, 1.807) is 6.20 Å². The van der Waals surface area contributed by atoms with Crippen molar-refractivity contribution in [3.8, 4) is 0 Å². The summed E-state index contributed by atoms with van der Waals surface area (Å²) in [7, 11) is 2.26. The minimum absolute atomic E-state index is 0.546. The Balaban J connectivity index is 1.63. The van der Waals surface area contributed by atoms with Crippen LogP contribution in [0.3, 0.4) is 0 Å². The summed E-state index contributed by atoms with van der Waals surface area (Å²) >= 11 is 5.85. The van der Waals surface area contributed by atoms with Crippen molar-refractivity contribution in [3.63, 3.8) is 0 Å². The lowest BCUT2D eigenvalue weighted by Gasteiger charge is -2.31. The Bertz CT molecular complexity index is 377. The van der Waals surface area contributed by atoms with Crippen LogP contribution in [0.25, 0.3) is 0 Å². The van der Waals surface area contributed by atoms with Crippen LogP contribution in [0.4, 0.5) is 5.69 Å². The summed E-state index contributed by atoms with van der Waals surface area (Å²) in [5.41, 5.74) is 1.06. The van der Waals surface area contributed by atoms with Crippen molar-refractivity contribution in [2.45, 2.75) is 44.6 Å². The number of hydrogen-bond donors (Lipinski definition) is 1. The zero-order valence-electron chi connectivity index (χ0n) is 11.7. The van der Waals surface area contributed by atoms with Crippen molar-refractivity contribution in [2.75, 3.05) is 25.5 Å². The second-order valence-electron chi connectivity index (χ2n) is 5.42. The van der Waals surface area contributed by atoms with Gasteiger partial charge in [0.2, 0.25) is 0 Å². The fourth-order valence-electron chi connectivity index (χ4n) is 2.78. The molecule has 1 aliphatic carbocycles. The molecule has 2 rings (SSSR count). The fourth-order valence-corrected chi connectivity index (χ4v) is 2.95.